The van der Waals surface area contributed by atoms with Crippen LogP contribution in [-0.2, 0) is 0 Å². The number of nitrogens with zero attached hydrogens (tertiary/aromatic N) is 1. The van der Waals surface area contributed by atoms with E-state index in [0.29, 0.717) is 10.7 Å². The number of amides is 1. The van der Waals surface area contributed by atoms with Crippen molar-refractivity contribution in [3.05, 3.63) is 69.0 Å². The van der Waals surface area contributed by atoms with Crippen LogP contribution < -0.4 is 5.32 Å². The summed E-state index contributed by atoms with van der Waals surface area (Å²) in [6.45, 7) is 3.97. The van der Waals surface area contributed by atoms with Gasteiger partial charge in [-0.3, -0.25) is 10.1 Å². The van der Waals surface area contributed by atoms with Crippen LogP contribution in [0.25, 0.3) is 11.3 Å². The second-order valence-corrected chi connectivity index (χ2v) is 7.15. The lowest BCUT2D eigenvalue weighted by Gasteiger charge is -2.04. The van der Waals surface area contributed by atoms with Crippen molar-refractivity contribution >= 4 is 38.3 Å². The van der Waals surface area contributed by atoms with Gasteiger partial charge in [-0.05, 0) is 38.1 Å². The van der Waals surface area contributed by atoms with Crippen LogP contribution in [0.3, 0.4) is 0 Å². The molecule has 0 atom stereocenters. The maximum absolute atomic E-state index is 12.4. The SMILES string of the molecule is Cc1cc(C)cc(C(=O)Nc2nc(-c3ccc(Br)cc3)cs2)c1. The van der Waals surface area contributed by atoms with Crippen molar-refractivity contribution in [3.63, 3.8) is 0 Å². The summed E-state index contributed by atoms with van der Waals surface area (Å²) in [5.41, 5.74) is 4.69. The van der Waals surface area contributed by atoms with E-state index in [0.717, 1.165) is 26.9 Å². The molecule has 0 saturated heterocycles. The van der Waals surface area contributed by atoms with Crippen LogP contribution in [0.15, 0.2) is 52.3 Å². The molecule has 1 N–H and O–H groups in total. The molecule has 3 aromatic rings. The van der Waals surface area contributed by atoms with Crippen LogP contribution in [0.2, 0.25) is 0 Å². The average Bonchev–Trinajstić information content (AvgIpc) is 2.95. The monoisotopic (exact) mass is 386 g/mol. The Kier molecular flexibility index (Phi) is 4.59. The van der Waals surface area contributed by atoms with Crippen LogP contribution in [0.5, 0.6) is 0 Å². The molecule has 0 bridgehead atoms. The summed E-state index contributed by atoms with van der Waals surface area (Å²) in [6.07, 6.45) is 0. The van der Waals surface area contributed by atoms with Gasteiger partial charge in [0.15, 0.2) is 5.13 Å². The van der Waals surface area contributed by atoms with Gasteiger partial charge >= 0.3 is 0 Å². The van der Waals surface area contributed by atoms with Gasteiger partial charge in [0.05, 0.1) is 5.69 Å². The molecule has 0 saturated carbocycles. The van der Waals surface area contributed by atoms with E-state index in [1.165, 1.54) is 11.3 Å². The summed E-state index contributed by atoms with van der Waals surface area (Å²) >= 11 is 4.84. The predicted octanol–water partition coefficient (Wildman–Crippen LogP) is 5.44. The fraction of sp³-hybridized carbons (Fsp3) is 0.111. The molecule has 116 valence electrons. The van der Waals surface area contributed by atoms with E-state index in [4.69, 9.17) is 0 Å². The minimum Gasteiger partial charge on any atom is -0.298 e. The molecule has 0 unspecified atom stereocenters. The zero-order chi connectivity index (χ0) is 16.4. The highest BCUT2D eigenvalue weighted by Crippen LogP contribution is 2.26. The number of hydrogen-bond acceptors (Lipinski definition) is 3. The van der Waals surface area contributed by atoms with Gasteiger partial charge in [0.1, 0.15) is 0 Å². The average molecular weight is 387 g/mol. The highest BCUT2D eigenvalue weighted by Gasteiger charge is 2.11. The first-order valence-electron chi connectivity index (χ1n) is 7.12. The number of halogens is 1. The summed E-state index contributed by atoms with van der Waals surface area (Å²) in [6, 6.07) is 13.7. The molecule has 1 amide bonds. The van der Waals surface area contributed by atoms with Crippen molar-refractivity contribution in [2.45, 2.75) is 13.8 Å². The molecule has 0 radical (unpaired) electrons. The number of aryl methyl sites for hydroxylation is 2. The van der Waals surface area contributed by atoms with Gasteiger partial charge in [-0.2, -0.15) is 0 Å². The molecule has 0 spiro atoms. The Morgan fingerprint density at radius 2 is 1.74 bits per heavy atom. The fourth-order valence-electron chi connectivity index (χ4n) is 2.36. The Bertz CT molecular complexity index is 835. The number of thiazole rings is 1. The Labute approximate surface area is 147 Å². The van der Waals surface area contributed by atoms with Gasteiger partial charge < -0.3 is 0 Å². The molecule has 5 heteroatoms. The number of aromatic nitrogens is 1. The lowest BCUT2D eigenvalue weighted by molar-refractivity contribution is 0.102. The Hall–Kier alpha value is -1.98. The molecule has 1 heterocycles. The lowest BCUT2D eigenvalue weighted by Crippen LogP contribution is -2.12. The third kappa shape index (κ3) is 3.86. The van der Waals surface area contributed by atoms with E-state index in [9.17, 15) is 4.79 Å². The number of anilines is 1. The smallest absolute Gasteiger partial charge is 0.257 e. The summed E-state index contributed by atoms with van der Waals surface area (Å²) < 4.78 is 1.03. The predicted molar refractivity (Wildman–Crippen MR) is 99.1 cm³/mol. The van der Waals surface area contributed by atoms with Crippen LogP contribution in [0, 0.1) is 13.8 Å². The molecule has 0 aliphatic rings. The number of rotatable bonds is 3. The van der Waals surface area contributed by atoms with Crippen molar-refractivity contribution in [3.8, 4) is 11.3 Å². The van der Waals surface area contributed by atoms with Crippen LogP contribution >= 0.6 is 27.3 Å². The van der Waals surface area contributed by atoms with E-state index in [-0.39, 0.29) is 5.91 Å². The summed E-state index contributed by atoms with van der Waals surface area (Å²) in [5.74, 6) is -0.131. The van der Waals surface area contributed by atoms with Gasteiger partial charge in [-0.25, -0.2) is 4.98 Å². The third-order valence-corrected chi connectivity index (χ3v) is 4.63. The van der Waals surface area contributed by atoms with Crippen molar-refractivity contribution in [1.29, 1.82) is 0 Å². The molecule has 2 aromatic carbocycles. The second-order valence-electron chi connectivity index (χ2n) is 5.38. The Morgan fingerprint density at radius 3 is 2.39 bits per heavy atom. The van der Waals surface area contributed by atoms with Gasteiger partial charge in [0.25, 0.3) is 5.91 Å². The first-order valence-corrected chi connectivity index (χ1v) is 8.79. The Balaban J connectivity index is 1.78. The number of nitrogens with one attached hydrogen (secondary N) is 1. The standard InChI is InChI=1S/C18H15BrN2OS/c1-11-7-12(2)9-14(8-11)17(22)21-18-20-16(10-23-18)13-3-5-15(19)6-4-13/h3-10H,1-2H3,(H,20,21,22). The van der Waals surface area contributed by atoms with Crippen LogP contribution in [0.1, 0.15) is 21.5 Å². The van der Waals surface area contributed by atoms with Crippen molar-refractivity contribution in [2.75, 3.05) is 5.32 Å². The molecule has 3 nitrogen and oxygen atoms in total. The van der Waals surface area contributed by atoms with Crippen molar-refractivity contribution in [1.82, 2.24) is 4.98 Å². The lowest BCUT2D eigenvalue weighted by atomic mass is 10.1. The highest BCUT2D eigenvalue weighted by atomic mass is 79.9. The number of benzene rings is 2. The van der Waals surface area contributed by atoms with Gasteiger partial charge in [-0.15, -0.1) is 11.3 Å². The van der Waals surface area contributed by atoms with Crippen molar-refractivity contribution in [2.24, 2.45) is 0 Å². The van der Waals surface area contributed by atoms with E-state index >= 15 is 0 Å². The largest absolute Gasteiger partial charge is 0.298 e. The third-order valence-electron chi connectivity index (χ3n) is 3.35. The second kappa shape index (κ2) is 6.64. The fourth-order valence-corrected chi connectivity index (χ4v) is 3.34. The maximum atomic E-state index is 12.4. The quantitative estimate of drug-likeness (QED) is 0.650. The first-order chi connectivity index (χ1) is 11.0. The topological polar surface area (TPSA) is 42.0 Å². The molecular weight excluding hydrogens is 372 g/mol. The summed E-state index contributed by atoms with van der Waals surface area (Å²) in [5, 5.41) is 5.42. The molecule has 0 fully saturated rings. The van der Waals surface area contributed by atoms with Crippen molar-refractivity contribution < 1.29 is 4.79 Å². The zero-order valence-corrected chi connectivity index (χ0v) is 15.2. The molecule has 1 aromatic heterocycles. The number of hydrogen-bond donors (Lipinski definition) is 1. The van der Waals surface area contributed by atoms with Gasteiger partial charge in [-0.1, -0.05) is 45.3 Å². The normalized spacial score (nSPS) is 10.6. The summed E-state index contributed by atoms with van der Waals surface area (Å²) in [4.78, 5) is 16.9. The zero-order valence-electron chi connectivity index (χ0n) is 12.8. The number of carbonyl (C=O) groups is 1. The highest BCUT2D eigenvalue weighted by molar-refractivity contribution is 9.10. The van der Waals surface area contributed by atoms with E-state index < -0.39 is 0 Å². The molecule has 0 aliphatic heterocycles. The van der Waals surface area contributed by atoms with Gasteiger partial charge in [0, 0.05) is 21.0 Å². The van der Waals surface area contributed by atoms with E-state index in [2.05, 4.69) is 26.2 Å². The number of carbonyl (C=O) groups excluding carboxylic acids is 1. The summed E-state index contributed by atoms with van der Waals surface area (Å²) in [7, 11) is 0. The first kappa shape index (κ1) is 15.9. The molecule has 3 rings (SSSR count). The minimum atomic E-state index is -0.131. The Morgan fingerprint density at radius 1 is 1.09 bits per heavy atom. The maximum Gasteiger partial charge on any atom is 0.257 e. The van der Waals surface area contributed by atoms with Crippen LogP contribution in [-0.4, -0.2) is 10.9 Å². The molecule has 23 heavy (non-hydrogen) atoms. The molecule has 0 aliphatic carbocycles. The van der Waals surface area contributed by atoms with Crippen LogP contribution in [0.4, 0.5) is 5.13 Å². The minimum absolute atomic E-state index is 0.131. The van der Waals surface area contributed by atoms with Gasteiger partial charge in [0.2, 0.25) is 0 Å². The molecular formula is C18H15BrN2OS. The van der Waals surface area contributed by atoms with E-state index in [1.807, 2.05) is 61.7 Å². The van der Waals surface area contributed by atoms with E-state index in [1.54, 1.807) is 0 Å².